The van der Waals surface area contributed by atoms with E-state index >= 15 is 0 Å². The van der Waals surface area contributed by atoms with Crippen LogP contribution in [0.15, 0.2) is 12.1 Å². The summed E-state index contributed by atoms with van der Waals surface area (Å²) in [6, 6.07) is 3.49. The summed E-state index contributed by atoms with van der Waals surface area (Å²) >= 11 is 0. The first-order valence-corrected chi connectivity index (χ1v) is 7.31. The number of nitro groups is 1. The monoisotopic (exact) mass is 293 g/mol. The van der Waals surface area contributed by atoms with Gasteiger partial charge in [-0.1, -0.05) is 0 Å². The van der Waals surface area contributed by atoms with Crippen molar-refractivity contribution in [2.24, 2.45) is 5.92 Å². The number of hydrogen-bond acceptors (Lipinski definition) is 6. The van der Waals surface area contributed by atoms with Gasteiger partial charge in [0, 0.05) is 26.2 Å². The number of nitrogens with zero attached hydrogens (tertiary/aromatic N) is 3. The van der Waals surface area contributed by atoms with E-state index in [9.17, 15) is 10.1 Å². The Bertz CT molecular complexity index is 506. The van der Waals surface area contributed by atoms with Crippen LogP contribution in [0.3, 0.4) is 0 Å². The molecular formula is C14H23N5O2. The van der Waals surface area contributed by atoms with Gasteiger partial charge in [-0.3, -0.25) is 10.1 Å². The second kappa shape index (κ2) is 6.71. The van der Waals surface area contributed by atoms with Gasteiger partial charge in [0.25, 0.3) is 5.69 Å². The van der Waals surface area contributed by atoms with E-state index in [1.165, 1.54) is 12.1 Å². The molecule has 0 aromatic carbocycles. The van der Waals surface area contributed by atoms with Gasteiger partial charge in [-0.05, 0) is 32.7 Å². The lowest BCUT2D eigenvalue weighted by Gasteiger charge is -2.20. The molecular weight excluding hydrogens is 270 g/mol. The normalized spacial score (nSPS) is 19.0. The highest BCUT2D eigenvalue weighted by molar-refractivity contribution is 5.54. The first kappa shape index (κ1) is 15.5. The van der Waals surface area contributed by atoms with E-state index in [-0.39, 0.29) is 5.69 Å². The van der Waals surface area contributed by atoms with Gasteiger partial charge in [0.15, 0.2) is 0 Å². The van der Waals surface area contributed by atoms with Crippen molar-refractivity contribution >= 4 is 17.3 Å². The largest absolute Gasteiger partial charge is 0.373 e. The van der Waals surface area contributed by atoms with E-state index < -0.39 is 4.92 Å². The SMILES string of the molecule is CNc1cc([N+](=O)[O-])cc(NCC2CCN(C(C)C)C2)n1. The van der Waals surface area contributed by atoms with Crippen molar-refractivity contribution in [1.82, 2.24) is 9.88 Å². The van der Waals surface area contributed by atoms with E-state index in [1.807, 2.05) is 0 Å². The quantitative estimate of drug-likeness (QED) is 0.618. The standard InChI is InChI=1S/C14H23N5O2/c1-10(2)18-5-4-11(9-18)8-16-14-7-12(19(20)21)6-13(15-3)17-14/h6-7,10-11H,4-5,8-9H2,1-3H3,(H2,15,16,17). The highest BCUT2D eigenvalue weighted by Crippen LogP contribution is 2.22. The van der Waals surface area contributed by atoms with Crippen LogP contribution in [0, 0.1) is 16.0 Å². The molecule has 2 N–H and O–H groups in total. The molecule has 1 unspecified atom stereocenters. The summed E-state index contributed by atoms with van der Waals surface area (Å²) in [4.78, 5) is 17.3. The van der Waals surface area contributed by atoms with E-state index in [0.717, 1.165) is 26.1 Å². The van der Waals surface area contributed by atoms with Crippen molar-refractivity contribution < 1.29 is 4.92 Å². The Labute approximate surface area is 124 Å². The van der Waals surface area contributed by atoms with Gasteiger partial charge in [-0.2, -0.15) is 0 Å². The van der Waals surface area contributed by atoms with Crippen LogP contribution in [0.1, 0.15) is 20.3 Å². The first-order valence-electron chi connectivity index (χ1n) is 7.31. The fourth-order valence-corrected chi connectivity index (χ4v) is 2.59. The first-order chi connectivity index (χ1) is 9.99. The van der Waals surface area contributed by atoms with Crippen LogP contribution >= 0.6 is 0 Å². The molecule has 2 rings (SSSR count). The molecule has 0 saturated carbocycles. The van der Waals surface area contributed by atoms with Crippen molar-refractivity contribution in [2.75, 3.05) is 37.3 Å². The smallest absolute Gasteiger partial charge is 0.276 e. The molecule has 0 amide bonds. The maximum atomic E-state index is 10.9. The Kier molecular flexibility index (Phi) is 4.95. The van der Waals surface area contributed by atoms with Crippen molar-refractivity contribution in [2.45, 2.75) is 26.3 Å². The van der Waals surface area contributed by atoms with Gasteiger partial charge >= 0.3 is 0 Å². The maximum Gasteiger partial charge on any atom is 0.276 e. The number of rotatable bonds is 6. The molecule has 1 aliphatic heterocycles. The number of pyridine rings is 1. The molecule has 1 aromatic rings. The topological polar surface area (TPSA) is 83.3 Å². The maximum absolute atomic E-state index is 10.9. The van der Waals surface area contributed by atoms with Crippen molar-refractivity contribution in [3.05, 3.63) is 22.2 Å². The fraction of sp³-hybridized carbons (Fsp3) is 0.643. The third-order valence-corrected chi connectivity index (χ3v) is 3.90. The molecule has 2 heterocycles. The minimum Gasteiger partial charge on any atom is -0.373 e. The Morgan fingerprint density at radius 1 is 1.48 bits per heavy atom. The number of nitrogens with one attached hydrogen (secondary N) is 2. The van der Waals surface area contributed by atoms with Crippen molar-refractivity contribution in [3.63, 3.8) is 0 Å². The second-order valence-electron chi connectivity index (χ2n) is 5.73. The molecule has 7 heteroatoms. The molecule has 116 valence electrons. The average molecular weight is 293 g/mol. The van der Waals surface area contributed by atoms with Crippen LogP contribution in [0.25, 0.3) is 0 Å². The van der Waals surface area contributed by atoms with E-state index in [1.54, 1.807) is 7.05 Å². The summed E-state index contributed by atoms with van der Waals surface area (Å²) in [6.45, 7) is 7.39. The Morgan fingerprint density at radius 3 is 2.76 bits per heavy atom. The van der Waals surface area contributed by atoms with Crippen LogP contribution in [0.4, 0.5) is 17.3 Å². The van der Waals surface area contributed by atoms with Crippen molar-refractivity contribution in [3.8, 4) is 0 Å². The average Bonchev–Trinajstić information content (AvgIpc) is 2.93. The van der Waals surface area contributed by atoms with Crippen LogP contribution in [0.5, 0.6) is 0 Å². The highest BCUT2D eigenvalue weighted by atomic mass is 16.6. The number of anilines is 2. The third-order valence-electron chi connectivity index (χ3n) is 3.90. The Balaban J connectivity index is 1.97. The summed E-state index contributed by atoms with van der Waals surface area (Å²) in [6.07, 6.45) is 1.15. The lowest BCUT2D eigenvalue weighted by Crippen LogP contribution is -2.29. The minimum absolute atomic E-state index is 0.0482. The van der Waals surface area contributed by atoms with Gasteiger partial charge in [0.1, 0.15) is 11.6 Å². The molecule has 0 aliphatic carbocycles. The number of likely N-dealkylation sites (tertiary alicyclic amines) is 1. The zero-order chi connectivity index (χ0) is 15.4. The minimum atomic E-state index is -0.399. The predicted octanol–water partition coefficient (Wildman–Crippen LogP) is 2.17. The van der Waals surface area contributed by atoms with E-state index in [2.05, 4.69) is 34.4 Å². The zero-order valence-electron chi connectivity index (χ0n) is 12.8. The van der Waals surface area contributed by atoms with Crippen LogP contribution in [-0.2, 0) is 0 Å². The molecule has 1 fully saturated rings. The van der Waals surface area contributed by atoms with Crippen LogP contribution in [-0.4, -0.2) is 47.5 Å². The van der Waals surface area contributed by atoms with E-state index in [4.69, 9.17) is 0 Å². The van der Waals surface area contributed by atoms with Gasteiger partial charge < -0.3 is 15.5 Å². The molecule has 21 heavy (non-hydrogen) atoms. The molecule has 1 atom stereocenters. The fourth-order valence-electron chi connectivity index (χ4n) is 2.59. The summed E-state index contributed by atoms with van der Waals surface area (Å²) in [5.74, 6) is 1.62. The van der Waals surface area contributed by atoms with Gasteiger partial charge in [0.2, 0.25) is 0 Å². The van der Waals surface area contributed by atoms with Crippen LogP contribution in [0.2, 0.25) is 0 Å². The number of hydrogen-bond donors (Lipinski definition) is 2. The molecule has 7 nitrogen and oxygen atoms in total. The molecule has 0 spiro atoms. The summed E-state index contributed by atoms with van der Waals surface area (Å²) < 4.78 is 0. The van der Waals surface area contributed by atoms with Gasteiger partial charge in [-0.15, -0.1) is 0 Å². The highest BCUT2D eigenvalue weighted by Gasteiger charge is 2.24. The predicted molar refractivity (Wildman–Crippen MR) is 83.7 cm³/mol. The Hall–Kier alpha value is -1.89. The summed E-state index contributed by atoms with van der Waals surface area (Å²) in [7, 11) is 1.70. The number of aromatic nitrogens is 1. The third kappa shape index (κ3) is 4.04. The van der Waals surface area contributed by atoms with E-state index in [0.29, 0.717) is 23.6 Å². The second-order valence-corrected chi connectivity index (χ2v) is 5.73. The molecule has 1 aromatic heterocycles. The zero-order valence-corrected chi connectivity index (χ0v) is 12.8. The molecule has 0 bridgehead atoms. The summed E-state index contributed by atoms with van der Waals surface area (Å²) in [5.41, 5.74) is 0.0482. The lowest BCUT2D eigenvalue weighted by molar-refractivity contribution is -0.384. The Morgan fingerprint density at radius 2 is 2.19 bits per heavy atom. The lowest BCUT2D eigenvalue weighted by atomic mass is 10.1. The van der Waals surface area contributed by atoms with Crippen molar-refractivity contribution in [1.29, 1.82) is 0 Å². The molecule has 1 saturated heterocycles. The van der Waals surface area contributed by atoms with Crippen LogP contribution < -0.4 is 10.6 Å². The molecule has 0 radical (unpaired) electrons. The molecule has 1 aliphatic rings. The summed E-state index contributed by atoms with van der Waals surface area (Å²) in [5, 5.41) is 17.0. The van der Waals surface area contributed by atoms with Gasteiger partial charge in [0.05, 0.1) is 17.1 Å². The van der Waals surface area contributed by atoms with Gasteiger partial charge in [-0.25, -0.2) is 4.98 Å².